The molecule has 3 heteroatoms. The highest BCUT2D eigenvalue weighted by Crippen LogP contribution is 2.40. The third-order valence-corrected chi connectivity index (χ3v) is 8.78. The van der Waals surface area contributed by atoms with Crippen LogP contribution in [-0.4, -0.2) is 17.6 Å². The third-order valence-electron chi connectivity index (χ3n) is 8.78. The zero-order valence-electron chi connectivity index (χ0n) is 29.3. The van der Waals surface area contributed by atoms with Gasteiger partial charge in [-0.3, -0.25) is 4.79 Å². The lowest BCUT2D eigenvalue weighted by atomic mass is 9.78. The molecule has 0 atom stereocenters. The Morgan fingerprint density at radius 3 is 1.26 bits per heavy atom. The number of benzene rings is 1. The molecule has 42 heavy (non-hydrogen) atoms. The number of hydrogen-bond donors (Lipinski definition) is 2. The second kappa shape index (κ2) is 22.1. The van der Waals surface area contributed by atoms with Crippen molar-refractivity contribution in [1.29, 1.82) is 0 Å². The van der Waals surface area contributed by atoms with E-state index in [1.807, 2.05) is 0 Å². The van der Waals surface area contributed by atoms with Gasteiger partial charge < -0.3 is 10.4 Å². The zero-order valence-corrected chi connectivity index (χ0v) is 29.3. The minimum absolute atomic E-state index is 0.135. The van der Waals surface area contributed by atoms with E-state index in [2.05, 4.69) is 65.9 Å². The first-order valence-electron chi connectivity index (χ1n) is 18.1. The van der Waals surface area contributed by atoms with E-state index in [4.69, 9.17) is 0 Å². The van der Waals surface area contributed by atoms with E-state index in [0.29, 0.717) is 18.6 Å². The molecule has 0 bridgehead atoms. The normalized spacial score (nSPS) is 12.2. The lowest BCUT2D eigenvalue weighted by Gasteiger charge is -2.28. The van der Waals surface area contributed by atoms with Crippen molar-refractivity contribution in [2.24, 2.45) is 0 Å². The van der Waals surface area contributed by atoms with E-state index in [1.165, 1.54) is 122 Å². The smallest absolute Gasteiger partial charge is 0.220 e. The maximum atomic E-state index is 12.5. The van der Waals surface area contributed by atoms with Crippen LogP contribution in [0.25, 0.3) is 0 Å². The Kier molecular flexibility index (Phi) is 20.2. The van der Waals surface area contributed by atoms with Crippen LogP contribution in [-0.2, 0) is 22.0 Å². The molecule has 0 heterocycles. The Balaban J connectivity index is 2.02. The summed E-state index contributed by atoms with van der Waals surface area (Å²) in [5.41, 5.74) is 2.78. The Hall–Kier alpha value is -1.51. The van der Waals surface area contributed by atoms with Crippen molar-refractivity contribution in [2.75, 3.05) is 6.54 Å². The first-order chi connectivity index (χ1) is 20.0. The van der Waals surface area contributed by atoms with Gasteiger partial charge in [-0.25, -0.2) is 0 Å². The van der Waals surface area contributed by atoms with E-state index in [-0.39, 0.29) is 16.7 Å². The van der Waals surface area contributed by atoms with E-state index < -0.39 is 0 Å². The number of phenols is 1. The van der Waals surface area contributed by atoms with Crippen LogP contribution in [0.3, 0.4) is 0 Å². The molecule has 0 unspecified atom stereocenters. The van der Waals surface area contributed by atoms with Crippen LogP contribution in [0.4, 0.5) is 0 Å². The van der Waals surface area contributed by atoms with E-state index in [1.54, 1.807) is 0 Å². The van der Waals surface area contributed by atoms with Crippen molar-refractivity contribution in [3.05, 3.63) is 28.8 Å². The standard InChI is InChI=1S/C39H71NO2/c1-8-9-10-11-12-13-14-15-16-17-18-19-20-21-22-23-24-25-26-27-30-40-36(41)29-28-33-31-34(38(2,3)4)37(42)35(32-33)39(5,6)7/h31-32,42H,8-30H2,1-7H3,(H,40,41). The van der Waals surface area contributed by atoms with Gasteiger partial charge in [0.1, 0.15) is 5.75 Å². The monoisotopic (exact) mass is 586 g/mol. The largest absolute Gasteiger partial charge is 0.507 e. The van der Waals surface area contributed by atoms with Gasteiger partial charge in [-0.1, -0.05) is 183 Å². The van der Waals surface area contributed by atoms with Crippen molar-refractivity contribution in [1.82, 2.24) is 5.32 Å². The number of carbonyl (C=O) groups excluding carboxylic acids is 1. The molecule has 1 amide bonds. The van der Waals surface area contributed by atoms with Gasteiger partial charge >= 0.3 is 0 Å². The fraction of sp³-hybridized carbons (Fsp3) is 0.821. The summed E-state index contributed by atoms with van der Waals surface area (Å²) < 4.78 is 0. The predicted molar refractivity (Wildman–Crippen MR) is 185 cm³/mol. The van der Waals surface area contributed by atoms with E-state index >= 15 is 0 Å². The Labute approximate surface area is 262 Å². The van der Waals surface area contributed by atoms with Gasteiger partial charge in [0.05, 0.1) is 0 Å². The van der Waals surface area contributed by atoms with Crippen LogP contribution in [0.15, 0.2) is 12.1 Å². The van der Waals surface area contributed by atoms with Crippen molar-refractivity contribution in [3.8, 4) is 5.75 Å². The van der Waals surface area contributed by atoms with Gasteiger partial charge in [0.25, 0.3) is 0 Å². The molecule has 0 saturated heterocycles. The van der Waals surface area contributed by atoms with Crippen LogP contribution >= 0.6 is 0 Å². The number of aromatic hydroxyl groups is 1. The lowest BCUT2D eigenvalue weighted by molar-refractivity contribution is -0.121. The predicted octanol–water partition coefficient (Wildman–Crippen LogP) is 11.9. The van der Waals surface area contributed by atoms with Gasteiger partial charge in [-0.15, -0.1) is 0 Å². The second-order valence-corrected chi connectivity index (χ2v) is 15.1. The molecule has 0 radical (unpaired) electrons. The summed E-state index contributed by atoms with van der Waals surface area (Å²) in [5.74, 6) is 0.540. The summed E-state index contributed by atoms with van der Waals surface area (Å²) >= 11 is 0. The van der Waals surface area contributed by atoms with Crippen LogP contribution in [0.1, 0.15) is 200 Å². The number of amides is 1. The molecule has 1 aromatic rings. The molecule has 0 aliphatic heterocycles. The Bertz CT molecular complexity index is 795. The summed E-state index contributed by atoms with van der Waals surface area (Å²) in [6.07, 6.45) is 28.9. The molecule has 0 saturated carbocycles. The molecule has 0 spiro atoms. The maximum Gasteiger partial charge on any atom is 0.220 e. The van der Waals surface area contributed by atoms with Crippen molar-refractivity contribution >= 4 is 5.91 Å². The van der Waals surface area contributed by atoms with Gasteiger partial charge in [0, 0.05) is 13.0 Å². The van der Waals surface area contributed by atoms with E-state index in [0.717, 1.165) is 29.7 Å². The Morgan fingerprint density at radius 2 is 0.929 bits per heavy atom. The van der Waals surface area contributed by atoms with Gasteiger partial charge in [-0.2, -0.15) is 0 Å². The van der Waals surface area contributed by atoms with Gasteiger partial charge in [0.15, 0.2) is 0 Å². The average Bonchev–Trinajstić information content (AvgIpc) is 2.92. The van der Waals surface area contributed by atoms with Crippen LogP contribution in [0.2, 0.25) is 0 Å². The summed E-state index contributed by atoms with van der Waals surface area (Å²) in [6.45, 7) is 15.9. The molecule has 0 aromatic heterocycles. The average molecular weight is 586 g/mol. The van der Waals surface area contributed by atoms with Crippen LogP contribution < -0.4 is 5.32 Å². The number of phenolic OH excluding ortho intramolecular Hbond substituents is 1. The molecule has 244 valence electrons. The second-order valence-electron chi connectivity index (χ2n) is 15.1. The number of unbranched alkanes of at least 4 members (excludes halogenated alkanes) is 19. The minimum Gasteiger partial charge on any atom is -0.507 e. The molecular formula is C39H71NO2. The highest BCUT2D eigenvalue weighted by atomic mass is 16.3. The Morgan fingerprint density at radius 1 is 0.595 bits per heavy atom. The molecule has 0 aliphatic carbocycles. The SMILES string of the molecule is CCCCCCCCCCCCCCCCCCCCCCNC(=O)CCc1cc(C(C)(C)C)c(O)c(C(C)(C)C)c1. The summed E-state index contributed by atoms with van der Waals surface area (Å²) in [4.78, 5) is 12.5. The summed E-state index contributed by atoms with van der Waals surface area (Å²) in [5, 5.41) is 14.0. The molecule has 2 N–H and O–H groups in total. The first kappa shape index (κ1) is 38.5. The number of aryl methyl sites for hydroxylation is 1. The molecular weight excluding hydrogens is 514 g/mol. The summed E-state index contributed by atoms with van der Waals surface area (Å²) in [7, 11) is 0. The van der Waals surface area contributed by atoms with Crippen molar-refractivity contribution in [3.63, 3.8) is 0 Å². The molecule has 0 aliphatic rings. The highest BCUT2D eigenvalue weighted by Gasteiger charge is 2.26. The molecule has 0 fully saturated rings. The highest BCUT2D eigenvalue weighted by molar-refractivity contribution is 5.76. The quantitative estimate of drug-likeness (QED) is 0.119. The lowest BCUT2D eigenvalue weighted by Crippen LogP contribution is -2.24. The zero-order chi connectivity index (χ0) is 31.3. The van der Waals surface area contributed by atoms with Gasteiger partial charge in [-0.05, 0) is 40.4 Å². The first-order valence-corrected chi connectivity index (χ1v) is 18.1. The number of nitrogens with one attached hydrogen (secondary N) is 1. The van der Waals surface area contributed by atoms with Crippen molar-refractivity contribution in [2.45, 2.75) is 201 Å². The fourth-order valence-electron chi connectivity index (χ4n) is 5.94. The molecule has 1 rings (SSSR count). The number of rotatable bonds is 24. The number of carbonyl (C=O) groups is 1. The maximum absolute atomic E-state index is 12.5. The summed E-state index contributed by atoms with van der Waals surface area (Å²) in [6, 6.07) is 4.19. The number of hydrogen-bond acceptors (Lipinski definition) is 2. The topological polar surface area (TPSA) is 49.3 Å². The van der Waals surface area contributed by atoms with Crippen molar-refractivity contribution < 1.29 is 9.90 Å². The third kappa shape index (κ3) is 18.2. The van der Waals surface area contributed by atoms with Crippen LogP contribution in [0.5, 0.6) is 5.75 Å². The molecule has 1 aromatic carbocycles. The van der Waals surface area contributed by atoms with Crippen LogP contribution in [0, 0.1) is 0 Å². The minimum atomic E-state index is -0.144. The molecule has 3 nitrogen and oxygen atoms in total. The van der Waals surface area contributed by atoms with E-state index in [9.17, 15) is 9.90 Å². The fourth-order valence-corrected chi connectivity index (χ4v) is 5.94. The van der Waals surface area contributed by atoms with Gasteiger partial charge in [0.2, 0.25) is 5.91 Å².